The lowest BCUT2D eigenvalue weighted by molar-refractivity contribution is -0.142. The van der Waals surface area contributed by atoms with Crippen molar-refractivity contribution in [1.29, 1.82) is 0 Å². The number of hydrogen-bond donors (Lipinski definition) is 2. The number of thiocarbonyl (C=S) groups is 1. The van der Waals surface area contributed by atoms with Crippen LogP contribution >= 0.6 is 24.8 Å². The summed E-state index contributed by atoms with van der Waals surface area (Å²) in [4.78, 5) is 11.6. The standard InChI is InChI=1S/C10H16O4S2/c1-5(2)13-8(11)7(10(15)16)9(12)14-6(3)4/h5-6,11H,1-4H3,(H,15,16)/b8-7+. The van der Waals surface area contributed by atoms with E-state index in [1.54, 1.807) is 27.7 Å². The summed E-state index contributed by atoms with van der Waals surface area (Å²) < 4.78 is 9.81. The Bertz CT molecular complexity index is 308. The van der Waals surface area contributed by atoms with Crippen molar-refractivity contribution < 1.29 is 19.4 Å². The van der Waals surface area contributed by atoms with Crippen molar-refractivity contribution in [1.82, 2.24) is 0 Å². The number of aliphatic hydroxyl groups is 1. The number of thiol groups is 1. The van der Waals surface area contributed by atoms with Crippen LogP contribution < -0.4 is 0 Å². The van der Waals surface area contributed by atoms with Crippen molar-refractivity contribution in [3.63, 3.8) is 0 Å². The van der Waals surface area contributed by atoms with Gasteiger partial charge >= 0.3 is 5.97 Å². The molecule has 0 unspecified atom stereocenters. The van der Waals surface area contributed by atoms with E-state index in [1.165, 1.54) is 0 Å². The van der Waals surface area contributed by atoms with Crippen LogP contribution in [-0.2, 0) is 14.3 Å². The third kappa shape index (κ3) is 5.37. The summed E-state index contributed by atoms with van der Waals surface area (Å²) >= 11 is 8.59. The van der Waals surface area contributed by atoms with E-state index in [0.29, 0.717) is 0 Å². The van der Waals surface area contributed by atoms with E-state index in [4.69, 9.17) is 21.7 Å². The molecule has 0 aliphatic rings. The Morgan fingerprint density at radius 2 is 1.62 bits per heavy atom. The molecule has 0 fully saturated rings. The zero-order valence-electron chi connectivity index (χ0n) is 9.68. The first-order valence-corrected chi connectivity index (χ1v) is 5.65. The first-order chi connectivity index (χ1) is 7.25. The average molecular weight is 264 g/mol. The maximum absolute atomic E-state index is 11.6. The monoisotopic (exact) mass is 264 g/mol. The highest BCUT2D eigenvalue weighted by molar-refractivity contribution is 8.12. The first-order valence-electron chi connectivity index (χ1n) is 4.79. The zero-order valence-corrected chi connectivity index (χ0v) is 11.4. The molecule has 6 heteroatoms. The molecular weight excluding hydrogens is 248 g/mol. The molecule has 0 atom stereocenters. The minimum absolute atomic E-state index is 0.0659. The highest BCUT2D eigenvalue weighted by Gasteiger charge is 2.22. The van der Waals surface area contributed by atoms with Crippen LogP contribution in [-0.4, -0.2) is 27.5 Å². The summed E-state index contributed by atoms with van der Waals surface area (Å²) in [5.41, 5.74) is -0.222. The maximum Gasteiger partial charge on any atom is 0.347 e. The number of esters is 1. The van der Waals surface area contributed by atoms with Crippen molar-refractivity contribution in [2.45, 2.75) is 39.9 Å². The van der Waals surface area contributed by atoms with Gasteiger partial charge in [0.2, 0.25) is 0 Å². The van der Waals surface area contributed by atoms with Gasteiger partial charge in [-0.2, -0.15) is 0 Å². The minimum atomic E-state index is -0.742. The van der Waals surface area contributed by atoms with Gasteiger partial charge in [-0.05, 0) is 27.7 Å². The summed E-state index contributed by atoms with van der Waals surface area (Å²) in [5, 5.41) is 9.55. The van der Waals surface area contributed by atoms with Gasteiger partial charge in [-0.15, -0.1) is 12.6 Å². The highest BCUT2D eigenvalue weighted by atomic mass is 32.1. The van der Waals surface area contributed by atoms with Crippen LogP contribution in [0.15, 0.2) is 11.5 Å². The van der Waals surface area contributed by atoms with Crippen LogP contribution in [0, 0.1) is 0 Å². The van der Waals surface area contributed by atoms with Crippen LogP contribution in [0.2, 0.25) is 0 Å². The second-order valence-electron chi connectivity index (χ2n) is 3.61. The number of hydrogen-bond acceptors (Lipinski definition) is 5. The Morgan fingerprint density at radius 3 is 1.94 bits per heavy atom. The van der Waals surface area contributed by atoms with Crippen molar-refractivity contribution in [2.24, 2.45) is 0 Å². The van der Waals surface area contributed by atoms with Gasteiger partial charge in [-0.3, -0.25) is 0 Å². The van der Waals surface area contributed by atoms with Crippen LogP contribution in [0.4, 0.5) is 0 Å². The predicted molar refractivity (Wildman–Crippen MR) is 68.7 cm³/mol. The van der Waals surface area contributed by atoms with E-state index in [9.17, 15) is 9.90 Å². The molecule has 16 heavy (non-hydrogen) atoms. The molecule has 1 N–H and O–H groups in total. The van der Waals surface area contributed by atoms with Crippen LogP contribution in [0.5, 0.6) is 0 Å². The molecule has 0 rings (SSSR count). The van der Waals surface area contributed by atoms with Gasteiger partial charge in [0.05, 0.1) is 16.4 Å². The third-order valence-electron chi connectivity index (χ3n) is 1.32. The number of ether oxygens (including phenoxy) is 2. The Labute approximate surface area is 106 Å². The third-order valence-corrected chi connectivity index (χ3v) is 1.75. The summed E-state index contributed by atoms with van der Waals surface area (Å²) in [5.74, 6) is -1.30. The van der Waals surface area contributed by atoms with E-state index in [0.717, 1.165) is 0 Å². The summed E-state index contributed by atoms with van der Waals surface area (Å²) in [6.45, 7) is 6.81. The first kappa shape index (κ1) is 15.2. The molecular formula is C10H16O4S2. The molecule has 0 aromatic heterocycles. The number of carbonyl (C=O) groups is 1. The number of carbonyl (C=O) groups excluding carboxylic acids is 1. The van der Waals surface area contributed by atoms with Gasteiger partial charge in [0, 0.05) is 0 Å². The number of aliphatic hydroxyl groups excluding tert-OH is 1. The number of rotatable bonds is 5. The molecule has 0 radical (unpaired) electrons. The highest BCUT2D eigenvalue weighted by Crippen LogP contribution is 2.14. The van der Waals surface area contributed by atoms with Crippen LogP contribution in [0.25, 0.3) is 0 Å². The molecule has 0 spiro atoms. The van der Waals surface area contributed by atoms with Crippen LogP contribution in [0.1, 0.15) is 27.7 Å². The van der Waals surface area contributed by atoms with Gasteiger partial charge in [0.25, 0.3) is 5.95 Å². The Morgan fingerprint density at radius 1 is 1.19 bits per heavy atom. The van der Waals surface area contributed by atoms with Gasteiger partial charge in [-0.1, -0.05) is 12.2 Å². The fraction of sp³-hybridized carbons (Fsp3) is 0.600. The normalized spacial score (nSPS) is 12.4. The quantitative estimate of drug-likeness (QED) is 0.262. The molecule has 0 aliphatic heterocycles. The second-order valence-corrected chi connectivity index (χ2v) is 4.76. The summed E-state index contributed by atoms with van der Waals surface area (Å²) in [6, 6.07) is 0. The fourth-order valence-corrected chi connectivity index (χ4v) is 1.18. The molecule has 0 heterocycles. The van der Waals surface area contributed by atoms with Crippen molar-refractivity contribution in [3.05, 3.63) is 11.5 Å². The Hall–Kier alpha value is -0.750. The van der Waals surface area contributed by atoms with E-state index in [2.05, 4.69) is 12.6 Å². The molecule has 0 aromatic rings. The van der Waals surface area contributed by atoms with Gasteiger partial charge in [-0.25, -0.2) is 4.79 Å². The molecule has 0 bridgehead atoms. The maximum atomic E-state index is 11.6. The van der Waals surface area contributed by atoms with E-state index >= 15 is 0 Å². The van der Waals surface area contributed by atoms with Crippen molar-refractivity contribution in [2.75, 3.05) is 0 Å². The van der Waals surface area contributed by atoms with E-state index in [-0.39, 0.29) is 22.0 Å². The smallest absolute Gasteiger partial charge is 0.347 e. The van der Waals surface area contributed by atoms with Gasteiger partial charge in [0.15, 0.2) is 5.57 Å². The lowest BCUT2D eigenvalue weighted by Gasteiger charge is -2.13. The SMILES string of the molecule is CC(C)OC(=O)/C(C(=S)S)=C(/O)OC(C)C. The summed E-state index contributed by atoms with van der Waals surface area (Å²) in [7, 11) is 0. The molecule has 0 saturated heterocycles. The topological polar surface area (TPSA) is 55.8 Å². The Balaban J connectivity index is 4.99. The van der Waals surface area contributed by atoms with Crippen LogP contribution in [0.3, 0.4) is 0 Å². The molecule has 0 saturated carbocycles. The second kappa shape index (κ2) is 6.75. The summed E-state index contributed by atoms with van der Waals surface area (Å²) in [6.07, 6.45) is -0.582. The average Bonchev–Trinajstić information content (AvgIpc) is 1.98. The van der Waals surface area contributed by atoms with E-state index < -0.39 is 11.9 Å². The lowest BCUT2D eigenvalue weighted by atomic mass is 10.3. The fourth-order valence-electron chi connectivity index (χ4n) is 0.821. The van der Waals surface area contributed by atoms with Gasteiger partial charge in [0.1, 0.15) is 0 Å². The largest absolute Gasteiger partial charge is 0.480 e. The molecule has 4 nitrogen and oxygen atoms in total. The molecule has 0 aromatic carbocycles. The minimum Gasteiger partial charge on any atom is -0.480 e. The lowest BCUT2D eigenvalue weighted by Crippen LogP contribution is -2.20. The van der Waals surface area contributed by atoms with Gasteiger partial charge < -0.3 is 14.6 Å². The predicted octanol–water partition coefficient (Wildman–Crippen LogP) is 2.39. The Kier molecular flexibility index (Phi) is 6.43. The zero-order chi connectivity index (χ0) is 12.9. The van der Waals surface area contributed by atoms with Crippen molar-refractivity contribution >= 4 is 35.0 Å². The van der Waals surface area contributed by atoms with E-state index in [1.807, 2.05) is 0 Å². The molecule has 0 aliphatic carbocycles. The van der Waals surface area contributed by atoms with Crippen molar-refractivity contribution in [3.8, 4) is 0 Å². The molecule has 92 valence electrons. The molecule has 0 amide bonds.